The van der Waals surface area contributed by atoms with Gasteiger partial charge in [0.25, 0.3) is 0 Å². The molecule has 0 radical (unpaired) electrons. The molecule has 12 heavy (non-hydrogen) atoms. The molecule has 1 saturated carbocycles. The highest BCUT2D eigenvalue weighted by atomic mass is 16.1. The third kappa shape index (κ3) is 2.09. The zero-order valence-electron chi connectivity index (χ0n) is 8.47. The number of Topliss-reactive ketones (excluding diaryl/α,β-unsaturated/α-hetero) is 1. The van der Waals surface area contributed by atoms with Crippen molar-refractivity contribution in [2.75, 3.05) is 0 Å². The molecular formula is C11H20O. The fourth-order valence-corrected chi connectivity index (χ4v) is 2.38. The first kappa shape index (κ1) is 9.76. The van der Waals surface area contributed by atoms with Crippen LogP contribution in [-0.4, -0.2) is 5.78 Å². The summed E-state index contributed by atoms with van der Waals surface area (Å²) in [5, 5.41) is 0. The SMILES string of the molecule is CCC1CCC(=O)CC1C(C)C. The molecule has 1 heteroatoms. The van der Waals surface area contributed by atoms with E-state index in [4.69, 9.17) is 0 Å². The second-order valence-corrected chi connectivity index (χ2v) is 4.36. The number of carbonyl (C=O) groups is 1. The van der Waals surface area contributed by atoms with Gasteiger partial charge in [-0.2, -0.15) is 0 Å². The lowest BCUT2D eigenvalue weighted by Gasteiger charge is -2.32. The predicted molar refractivity (Wildman–Crippen MR) is 51.0 cm³/mol. The lowest BCUT2D eigenvalue weighted by Crippen LogP contribution is -2.28. The van der Waals surface area contributed by atoms with Crippen LogP contribution >= 0.6 is 0 Å². The monoisotopic (exact) mass is 168 g/mol. The molecular weight excluding hydrogens is 148 g/mol. The van der Waals surface area contributed by atoms with Crippen molar-refractivity contribution in [1.29, 1.82) is 0 Å². The molecule has 0 aromatic rings. The number of carbonyl (C=O) groups excluding carboxylic acids is 1. The summed E-state index contributed by atoms with van der Waals surface area (Å²) in [4.78, 5) is 11.2. The van der Waals surface area contributed by atoms with E-state index in [0.717, 1.165) is 25.2 Å². The fourth-order valence-electron chi connectivity index (χ4n) is 2.38. The van der Waals surface area contributed by atoms with Gasteiger partial charge in [0.15, 0.2) is 0 Å². The second kappa shape index (κ2) is 4.06. The van der Waals surface area contributed by atoms with E-state index in [1.54, 1.807) is 0 Å². The van der Waals surface area contributed by atoms with Gasteiger partial charge in [-0.1, -0.05) is 27.2 Å². The Kier molecular flexibility index (Phi) is 3.30. The minimum absolute atomic E-state index is 0.485. The number of rotatable bonds is 2. The molecule has 2 atom stereocenters. The molecule has 0 saturated heterocycles. The van der Waals surface area contributed by atoms with Crippen molar-refractivity contribution in [1.82, 2.24) is 0 Å². The Balaban J connectivity index is 2.57. The molecule has 1 aliphatic rings. The maximum atomic E-state index is 11.2. The van der Waals surface area contributed by atoms with Crippen LogP contribution in [0, 0.1) is 17.8 Å². The highest BCUT2D eigenvalue weighted by Gasteiger charge is 2.29. The van der Waals surface area contributed by atoms with Gasteiger partial charge in [0.1, 0.15) is 5.78 Å². The van der Waals surface area contributed by atoms with Crippen LogP contribution in [0.1, 0.15) is 46.5 Å². The van der Waals surface area contributed by atoms with Gasteiger partial charge in [0.2, 0.25) is 0 Å². The lowest BCUT2D eigenvalue weighted by molar-refractivity contribution is -0.123. The summed E-state index contributed by atoms with van der Waals surface area (Å²) in [7, 11) is 0. The minimum atomic E-state index is 0.485. The minimum Gasteiger partial charge on any atom is -0.300 e. The summed E-state index contributed by atoms with van der Waals surface area (Å²) in [5.41, 5.74) is 0. The van der Waals surface area contributed by atoms with Crippen molar-refractivity contribution in [3.05, 3.63) is 0 Å². The summed E-state index contributed by atoms with van der Waals surface area (Å²) in [6, 6.07) is 0. The van der Waals surface area contributed by atoms with E-state index < -0.39 is 0 Å². The van der Waals surface area contributed by atoms with Gasteiger partial charge >= 0.3 is 0 Å². The Hall–Kier alpha value is -0.330. The zero-order chi connectivity index (χ0) is 9.14. The molecule has 0 aromatic heterocycles. The van der Waals surface area contributed by atoms with Gasteiger partial charge in [0, 0.05) is 12.8 Å². The maximum Gasteiger partial charge on any atom is 0.133 e. The molecule has 0 amide bonds. The molecule has 0 spiro atoms. The third-order valence-electron chi connectivity index (χ3n) is 3.24. The standard InChI is InChI=1S/C11H20O/c1-4-9-5-6-10(12)7-11(9)8(2)3/h8-9,11H,4-7H2,1-3H3. The predicted octanol–water partition coefficient (Wildman–Crippen LogP) is 3.04. The zero-order valence-corrected chi connectivity index (χ0v) is 8.47. The van der Waals surface area contributed by atoms with E-state index in [0.29, 0.717) is 17.6 Å². The maximum absolute atomic E-state index is 11.2. The third-order valence-corrected chi connectivity index (χ3v) is 3.24. The Morgan fingerprint density at radius 3 is 2.67 bits per heavy atom. The molecule has 1 aliphatic carbocycles. The summed E-state index contributed by atoms with van der Waals surface area (Å²) < 4.78 is 0. The molecule has 1 fully saturated rings. The summed E-state index contributed by atoms with van der Waals surface area (Å²) in [6.07, 6.45) is 4.06. The normalized spacial score (nSPS) is 31.2. The first-order valence-corrected chi connectivity index (χ1v) is 5.16. The average molecular weight is 168 g/mol. The number of hydrogen-bond donors (Lipinski definition) is 0. The van der Waals surface area contributed by atoms with Crippen molar-refractivity contribution in [3.8, 4) is 0 Å². The van der Waals surface area contributed by atoms with Gasteiger partial charge in [-0.3, -0.25) is 4.79 Å². The quantitative estimate of drug-likeness (QED) is 0.619. The summed E-state index contributed by atoms with van der Waals surface area (Å²) >= 11 is 0. The van der Waals surface area contributed by atoms with E-state index in [2.05, 4.69) is 20.8 Å². The van der Waals surface area contributed by atoms with Crippen LogP contribution in [-0.2, 0) is 4.79 Å². The molecule has 0 aromatic carbocycles. The van der Waals surface area contributed by atoms with Crippen molar-refractivity contribution >= 4 is 5.78 Å². The Morgan fingerprint density at radius 1 is 1.50 bits per heavy atom. The van der Waals surface area contributed by atoms with Crippen LogP contribution in [0.3, 0.4) is 0 Å². The second-order valence-electron chi connectivity index (χ2n) is 4.36. The topological polar surface area (TPSA) is 17.1 Å². The highest BCUT2D eigenvalue weighted by Crippen LogP contribution is 2.35. The number of ketones is 1. The van der Waals surface area contributed by atoms with E-state index in [9.17, 15) is 4.79 Å². The van der Waals surface area contributed by atoms with Crippen molar-refractivity contribution < 1.29 is 4.79 Å². The largest absolute Gasteiger partial charge is 0.300 e. The van der Waals surface area contributed by atoms with Crippen LogP contribution < -0.4 is 0 Å². The van der Waals surface area contributed by atoms with Gasteiger partial charge in [0.05, 0.1) is 0 Å². The lowest BCUT2D eigenvalue weighted by atomic mass is 9.72. The molecule has 0 heterocycles. The average Bonchev–Trinajstić information content (AvgIpc) is 2.04. The highest BCUT2D eigenvalue weighted by molar-refractivity contribution is 5.79. The smallest absolute Gasteiger partial charge is 0.133 e. The van der Waals surface area contributed by atoms with Crippen molar-refractivity contribution in [2.24, 2.45) is 17.8 Å². The van der Waals surface area contributed by atoms with E-state index in [-0.39, 0.29) is 0 Å². The molecule has 0 bridgehead atoms. The van der Waals surface area contributed by atoms with Gasteiger partial charge in [-0.05, 0) is 24.2 Å². The van der Waals surface area contributed by atoms with Crippen LogP contribution in [0.15, 0.2) is 0 Å². The van der Waals surface area contributed by atoms with Gasteiger partial charge < -0.3 is 0 Å². The number of hydrogen-bond acceptors (Lipinski definition) is 1. The fraction of sp³-hybridized carbons (Fsp3) is 0.909. The van der Waals surface area contributed by atoms with Crippen LogP contribution in [0.4, 0.5) is 0 Å². The van der Waals surface area contributed by atoms with Gasteiger partial charge in [-0.15, -0.1) is 0 Å². The van der Waals surface area contributed by atoms with Gasteiger partial charge in [-0.25, -0.2) is 0 Å². The van der Waals surface area contributed by atoms with Crippen LogP contribution in [0.5, 0.6) is 0 Å². The van der Waals surface area contributed by atoms with Crippen molar-refractivity contribution in [2.45, 2.75) is 46.5 Å². The van der Waals surface area contributed by atoms with E-state index in [1.807, 2.05) is 0 Å². The molecule has 0 aliphatic heterocycles. The molecule has 1 nitrogen and oxygen atoms in total. The first-order valence-electron chi connectivity index (χ1n) is 5.16. The van der Waals surface area contributed by atoms with E-state index >= 15 is 0 Å². The summed E-state index contributed by atoms with van der Waals surface area (Å²) in [6.45, 7) is 6.73. The Labute approximate surface area is 75.5 Å². The Morgan fingerprint density at radius 2 is 2.17 bits per heavy atom. The van der Waals surface area contributed by atoms with Crippen molar-refractivity contribution in [3.63, 3.8) is 0 Å². The first-order chi connectivity index (χ1) is 5.65. The molecule has 0 N–H and O–H groups in total. The van der Waals surface area contributed by atoms with Crippen LogP contribution in [0.2, 0.25) is 0 Å². The molecule has 70 valence electrons. The summed E-state index contributed by atoms with van der Waals surface area (Å²) in [5.74, 6) is 2.64. The molecule has 1 rings (SSSR count). The van der Waals surface area contributed by atoms with E-state index in [1.165, 1.54) is 6.42 Å². The Bertz CT molecular complexity index is 160. The molecule has 2 unspecified atom stereocenters. The van der Waals surface area contributed by atoms with Crippen LogP contribution in [0.25, 0.3) is 0 Å².